The topological polar surface area (TPSA) is 28.5 Å². The quantitative estimate of drug-likeness (QED) is 0.259. The van der Waals surface area contributed by atoms with Crippen molar-refractivity contribution in [3.63, 3.8) is 0 Å². The first-order chi connectivity index (χ1) is 16.7. The van der Waals surface area contributed by atoms with Gasteiger partial charge in [0.15, 0.2) is 0 Å². The fourth-order valence-corrected chi connectivity index (χ4v) is 5.78. The average molecular weight is 480 g/mol. The van der Waals surface area contributed by atoms with Gasteiger partial charge in [-0.05, 0) is 54.3 Å². The second kappa shape index (κ2) is 8.71. The number of anilines is 1. The first kappa shape index (κ1) is 21.1. The Kier molecular flexibility index (Phi) is 5.40. The molecule has 0 fully saturated rings. The number of hydrogen-bond donors (Lipinski definition) is 0. The van der Waals surface area contributed by atoms with E-state index in [9.17, 15) is 0 Å². The molecule has 0 radical (unpaired) electrons. The predicted molar refractivity (Wildman–Crippen MR) is 144 cm³/mol. The van der Waals surface area contributed by atoms with E-state index in [2.05, 4.69) is 78.0 Å². The molecule has 3 nitrogen and oxygen atoms in total. The van der Waals surface area contributed by atoms with Crippen molar-refractivity contribution in [2.24, 2.45) is 5.10 Å². The molecule has 0 N–H and O–H groups in total. The fourth-order valence-electron chi connectivity index (χ4n) is 4.80. The normalized spacial score (nSPS) is 15.6. The lowest BCUT2D eigenvalue weighted by atomic mass is 9.90. The molecule has 0 saturated carbocycles. The number of para-hydroxylation sites is 1. The summed E-state index contributed by atoms with van der Waals surface area (Å²) in [4.78, 5) is 6.28. The predicted octanol–water partition coefficient (Wildman–Crippen LogP) is 8.28. The first-order valence-electron chi connectivity index (χ1n) is 11.3. The zero-order valence-electron chi connectivity index (χ0n) is 18.6. The molecule has 0 spiro atoms. The van der Waals surface area contributed by atoms with Crippen LogP contribution in [-0.2, 0) is 0 Å². The summed E-state index contributed by atoms with van der Waals surface area (Å²) >= 11 is 8.24. The van der Waals surface area contributed by atoms with Crippen molar-refractivity contribution in [2.45, 2.75) is 19.4 Å². The third-order valence-corrected chi connectivity index (χ3v) is 7.49. The average Bonchev–Trinajstić information content (AvgIpc) is 3.55. The minimum Gasteiger partial charge on any atom is -0.257 e. The number of thiophene rings is 1. The first-order valence-corrected chi connectivity index (χ1v) is 12.6. The van der Waals surface area contributed by atoms with E-state index < -0.39 is 0 Å². The Hall–Kier alpha value is -3.47. The Morgan fingerprint density at radius 2 is 1.65 bits per heavy atom. The second-order valence-electron chi connectivity index (χ2n) is 8.44. The maximum Gasteiger partial charge on any atom is 0.0923 e. The van der Waals surface area contributed by atoms with E-state index in [1.807, 2.05) is 30.3 Å². The van der Waals surface area contributed by atoms with Crippen molar-refractivity contribution in [3.05, 3.63) is 118 Å². The highest BCUT2D eigenvalue weighted by Gasteiger charge is 2.33. The Balaban J connectivity index is 1.60. The van der Waals surface area contributed by atoms with Gasteiger partial charge in [-0.25, -0.2) is 0 Å². The largest absolute Gasteiger partial charge is 0.257 e. The lowest BCUT2D eigenvalue weighted by Gasteiger charge is -2.22. The van der Waals surface area contributed by atoms with Gasteiger partial charge >= 0.3 is 0 Å². The van der Waals surface area contributed by atoms with Gasteiger partial charge in [0.25, 0.3) is 0 Å². The van der Waals surface area contributed by atoms with E-state index in [-0.39, 0.29) is 6.04 Å². The summed E-state index contributed by atoms with van der Waals surface area (Å²) in [6.07, 6.45) is 0.809. The monoisotopic (exact) mass is 479 g/mol. The number of aryl methyl sites for hydroxylation is 1. The van der Waals surface area contributed by atoms with Crippen LogP contribution in [0.4, 0.5) is 5.69 Å². The number of hydrazone groups is 1. The summed E-state index contributed by atoms with van der Waals surface area (Å²) in [7, 11) is 0. The maximum atomic E-state index is 6.46. The highest BCUT2D eigenvalue weighted by Crippen LogP contribution is 2.42. The molecule has 1 aliphatic heterocycles. The molecule has 1 atom stereocenters. The molecule has 3 heterocycles. The smallest absolute Gasteiger partial charge is 0.0923 e. The molecule has 166 valence electrons. The molecule has 0 bridgehead atoms. The standard InChI is InChI=1S/C29H22ClN3S/c1-19-28(29(20-9-4-2-5-10-20)23-17-21(30)14-15-24(23)31-19)25-18-26(27-13-8-16-34-27)33(32-25)22-11-6-3-7-12-22/h2-17,26H,18H2,1H3. The van der Waals surface area contributed by atoms with E-state index >= 15 is 0 Å². The zero-order chi connectivity index (χ0) is 23.1. The lowest BCUT2D eigenvalue weighted by Crippen LogP contribution is -2.17. The number of rotatable bonds is 4. The van der Waals surface area contributed by atoms with Crippen LogP contribution >= 0.6 is 22.9 Å². The summed E-state index contributed by atoms with van der Waals surface area (Å²) in [5, 5.41) is 11.3. The Morgan fingerprint density at radius 1 is 0.882 bits per heavy atom. The van der Waals surface area contributed by atoms with Gasteiger partial charge < -0.3 is 0 Å². The molecule has 0 saturated heterocycles. The van der Waals surface area contributed by atoms with Crippen molar-refractivity contribution in [3.8, 4) is 11.1 Å². The number of pyridine rings is 1. The van der Waals surface area contributed by atoms with Crippen LogP contribution in [0.25, 0.3) is 22.0 Å². The maximum absolute atomic E-state index is 6.46. The van der Waals surface area contributed by atoms with Crippen LogP contribution in [0.15, 0.2) is 101 Å². The van der Waals surface area contributed by atoms with Crippen LogP contribution < -0.4 is 5.01 Å². The molecular formula is C29H22ClN3S. The number of hydrogen-bond acceptors (Lipinski definition) is 4. The Labute approximate surface area is 208 Å². The molecular weight excluding hydrogens is 458 g/mol. The minimum atomic E-state index is 0.149. The van der Waals surface area contributed by atoms with E-state index in [0.29, 0.717) is 5.02 Å². The van der Waals surface area contributed by atoms with Crippen LogP contribution in [-0.4, -0.2) is 10.7 Å². The van der Waals surface area contributed by atoms with Gasteiger partial charge in [-0.3, -0.25) is 9.99 Å². The van der Waals surface area contributed by atoms with E-state index in [1.165, 1.54) is 4.88 Å². The number of nitrogens with zero attached hydrogens (tertiary/aromatic N) is 3. The fraction of sp³-hybridized carbons (Fsp3) is 0.103. The third-order valence-electron chi connectivity index (χ3n) is 6.28. The molecule has 6 rings (SSSR count). The van der Waals surface area contributed by atoms with E-state index in [1.54, 1.807) is 11.3 Å². The van der Waals surface area contributed by atoms with Crippen molar-refractivity contribution in [1.29, 1.82) is 0 Å². The van der Waals surface area contributed by atoms with Crippen molar-refractivity contribution < 1.29 is 0 Å². The van der Waals surface area contributed by atoms with Crippen molar-refractivity contribution in [2.75, 3.05) is 5.01 Å². The number of benzene rings is 3. The van der Waals surface area contributed by atoms with Gasteiger partial charge in [-0.15, -0.1) is 11.3 Å². The highest BCUT2D eigenvalue weighted by atomic mass is 35.5. The van der Waals surface area contributed by atoms with E-state index in [4.69, 9.17) is 21.7 Å². The molecule has 1 unspecified atom stereocenters. The molecule has 0 aliphatic carbocycles. The molecule has 1 aliphatic rings. The van der Waals surface area contributed by atoms with Crippen LogP contribution in [0.3, 0.4) is 0 Å². The zero-order valence-corrected chi connectivity index (χ0v) is 20.2. The summed E-state index contributed by atoms with van der Waals surface area (Å²) < 4.78 is 0. The molecule has 5 heteroatoms. The number of halogens is 1. The van der Waals surface area contributed by atoms with Crippen molar-refractivity contribution in [1.82, 2.24) is 4.98 Å². The molecule has 3 aromatic carbocycles. The van der Waals surface area contributed by atoms with Gasteiger partial charge in [-0.2, -0.15) is 5.10 Å². The Bertz CT molecular complexity index is 1500. The molecule has 5 aromatic rings. The molecule has 2 aromatic heterocycles. The number of aromatic nitrogens is 1. The van der Waals surface area contributed by atoms with Gasteiger partial charge in [0, 0.05) is 38.5 Å². The lowest BCUT2D eigenvalue weighted by molar-refractivity contribution is 0.722. The SMILES string of the molecule is Cc1nc2ccc(Cl)cc2c(-c2ccccc2)c1C1=NN(c2ccccc2)C(c2cccs2)C1. The van der Waals surface area contributed by atoms with Crippen molar-refractivity contribution >= 4 is 45.2 Å². The highest BCUT2D eigenvalue weighted by molar-refractivity contribution is 7.10. The van der Waals surface area contributed by atoms with Crippen LogP contribution in [0.1, 0.15) is 28.6 Å². The summed E-state index contributed by atoms with van der Waals surface area (Å²) in [5.74, 6) is 0. The summed E-state index contributed by atoms with van der Waals surface area (Å²) in [6.45, 7) is 2.09. The van der Waals surface area contributed by atoms with Gasteiger partial charge in [0.05, 0.1) is 23.0 Å². The third kappa shape index (κ3) is 3.69. The minimum absolute atomic E-state index is 0.149. The summed E-state index contributed by atoms with van der Waals surface area (Å²) in [6, 6.07) is 31.3. The second-order valence-corrected chi connectivity index (χ2v) is 9.85. The van der Waals surface area contributed by atoms with Gasteiger partial charge in [0.2, 0.25) is 0 Å². The number of fused-ring (bicyclic) bond motifs is 1. The van der Waals surface area contributed by atoms with E-state index in [0.717, 1.165) is 51.1 Å². The van der Waals surface area contributed by atoms with Crippen LogP contribution in [0, 0.1) is 6.92 Å². The van der Waals surface area contributed by atoms with Crippen LogP contribution in [0.5, 0.6) is 0 Å². The van der Waals surface area contributed by atoms with Crippen LogP contribution in [0.2, 0.25) is 5.02 Å². The van der Waals surface area contributed by atoms with Gasteiger partial charge in [-0.1, -0.05) is 66.2 Å². The molecule has 0 amide bonds. The Morgan fingerprint density at radius 3 is 2.38 bits per heavy atom. The van der Waals surface area contributed by atoms with Gasteiger partial charge in [0.1, 0.15) is 0 Å². The summed E-state index contributed by atoms with van der Waals surface area (Å²) in [5.41, 5.74) is 7.44. The molecule has 34 heavy (non-hydrogen) atoms.